The van der Waals surface area contributed by atoms with E-state index in [9.17, 15) is 9.59 Å². The number of rotatable bonds is 6. The second-order valence-electron chi connectivity index (χ2n) is 6.72. The lowest BCUT2D eigenvalue weighted by Gasteiger charge is -2.17. The molecule has 2 aromatic rings. The molecule has 138 valence electrons. The number of ether oxygens (including phenoxy) is 1. The van der Waals surface area contributed by atoms with Crippen LogP contribution in [0.15, 0.2) is 24.3 Å². The maximum absolute atomic E-state index is 12.9. The molecule has 1 aliphatic rings. The fourth-order valence-corrected chi connectivity index (χ4v) is 3.36. The van der Waals surface area contributed by atoms with E-state index in [-0.39, 0.29) is 17.9 Å². The van der Waals surface area contributed by atoms with Crippen molar-refractivity contribution in [1.82, 2.24) is 15.2 Å². The summed E-state index contributed by atoms with van der Waals surface area (Å²) in [5.41, 5.74) is 3.40. The van der Waals surface area contributed by atoms with Crippen LogP contribution in [0.2, 0.25) is 0 Å². The summed E-state index contributed by atoms with van der Waals surface area (Å²) in [7, 11) is 1.61. The van der Waals surface area contributed by atoms with E-state index in [4.69, 9.17) is 4.74 Å². The number of carbonyl (C=O) groups is 2. The van der Waals surface area contributed by atoms with Crippen LogP contribution in [0.3, 0.4) is 0 Å². The number of nitrogens with zero attached hydrogens (tertiary/aromatic N) is 2. The highest BCUT2D eigenvalue weighted by molar-refractivity contribution is 6.06. The first-order chi connectivity index (χ1) is 12.5. The van der Waals surface area contributed by atoms with Crippen LogP contribution in [0.4, 0.5) is 0 Å². The molecule has 6 heteroatoms. The number of benzene rings is 1. The van der Waals surface area contributed by atoms with Crippen LogP contribution in [0.5, 0.6) is 0 Å². The number of pyridine rings is 1. The molecule has 0 aliphatic carbocycles. The normalized spacial score (nSPS) is 17.1. The van der Waals surface area contributed by atoms with Gasteiger partial charge in [-0.2, -0.15) is 0 Å². The van der Waals surface area contributed by atoms with Gasteiger partial charge in [-0.1, -0.05) is 13.0 Å². The molecule has 26 heavy (non-hydrogen) atoms. The van der Waals surface area contributed by atoms with Crippen molar-refractivity contribution in [3.8, 4) is 0 Å². The highest BCUT2D eigenvalue weighted by atomic mass is 16.5. The number of fused-ring (bicyclic) bond motifs is 1. The summed E-state index contributed by atoms with van der Waals surface area (Å²) in [5, 5.41) is 3.87. The van der Waals surface area contributed by atoms with E-state index in [0.29, 0.717) is 31.7 Å². The van der Waals surface area contributed by atoms with E-state index < -0.39 is 0 Å². The minimum atomic E-state index is -0.176. The molecule has 0 spiro atoms. The summed E-state index contributed by atoms with van der Waals surface area (Å²) >= 11 is 0. The zero-order chi connectivity index (χ0) is 18.7. The summed E-state index contributed by atoms with van der Waals surface area (Å²) < 4.78 is 5.03. The molecule has 1 saturated heterocycles. The lowest BCUT2D eigenvalue weighted by atomic mass is 10.0. The van der Waals surface area contributed by atoms with Crippen LogP contribution < -0.4 is 5.32 Å². The number of carbonyl (C=O) groups excluding carboxylic acids is 2. The molecule has 1 N–H and O–H groups in total. The SMILES string of the molecule is CCc1ccc2nc(C)cc(C(=O)N[C@H]3CC(=O)N(CCOC)C3)c2c1. The van der Waals surface area contributed by atoms with Gasteiger partial charge in [0.05, 0.1) is 23.7 Å². The molecule has 2 heterocycles. The Morgan fingerprint density at radius 2 is 2.19 bits per heavy atom. The molecule has 1 atom stereocenters. The Morgan fingerprint density at radius 1 is 1.38 bits per heavy atom. The van der Waals surface area contributed by atoms with Gasteiger partial charge in [0.15, 0.2) is 0 Å². The van der Waals surface area contributed by atoms with Gasteiger partial charge in [0.1, 0.15) is 0 Å². The molecule has 1 aromatic carbocycles. The number of methoxy groups -OCH3 is 1. The Morgan fingerprint density at radius 3 is 2.92 bits per heavy atom. The largest absolute Gasteiger partial charge is 0.383 e. The van der Waals surface area contributed by atoms with Gasteiger partial charge in [-0.05, 0) is 37.1 Å². The molecule has 1 aromatic heterocycles. The molecular weight excluding hydrogens is 330 g/mol. The third kappa shape index (κ3) is 3.85. The van der Waals surface area contributed by atoms with E-state index in [0.717, 1.165) is 23.0 Å². The van der Waals surface area contributed by atoms with Crippen molar-refractivity contribution in [2.45, 2.75) is 32.7 Å². The molecule has 1 aliphatic heterocycles. The maximum Gasteiger partial charge on any atom is 0.252 e. The molecule has 3 rings (SSSR count). The second kappa shape index (κ2) is 7.83. The predicted molar refractivity (Wildman–Crippen MR) is 100 cm³/mol. The number of hydrogen-bond acceptors (Lipinski definition) is 4. The third-order valence-electron chi connectivity index (χ3n) is 4.77. The molecule has 0 unspecified atom stereocenters. The number of aryl methyl sites for hydroxylation is 2. The second-order valence-corrected chi connectivity index (χ2v) is 6.72. The standard InChI is InChI=1S/C20H25N3O3/c1-4-14-5-6-18-16(10-14)17(9-13(2)21-18)20(25)22-15-11-19(24)23(12-15)7-8-26-3/h5-6,9-10,15H,4,7-8,11-12H2,1-3H3,(H,22,25)/t15-/m0/s1. The minimum Gasteiger partial charge on any atom is -0.383 e. The summed E-state index contributed by atoms with van der Waals surface area (Å²) in [4.78, 5) is 31.2. The first-order valence-corrected chi connectivity index (χ1v) is 8.99. The topological polar surface area (TPSA) is 71.5 Å². The van der Waals surface area contributed by atoms with E-state index in [1.165, 1.54) is 5.56 Å². The predicted octanol–water partition coefficient (Wildman–Crippen LogP) is 2.08. The first kappa shape index (κ1) is 18.3. The quantitative estimate of drug-likeness (QED) is 0.861. The molecule has 0 radical (unpaired) electrons. The summed E-state index contributed by atoms with van der Waals surface area (Å²) in [6, 6.07) is 7.67. The highest BCUT2D eigenvalue weighted by Crippen LogP contribution is 2.21. The summed E-state index contributed by atoms with van der Waals surface area (Å²) in [6.07, 6.45) is 1.23. The monoisotopic (exact) mass is 355 g/mol. The van der Waals surface area contributed by atoms with E-state index >= 15 is 0 Å². The average molecular weight is 355 g/mol. The van der Waals surface area contributed by atoms with Crippen LogP contribution >= 0.6 is 0 Å². The van der Waals surface area contributed by atoms with E-state index in [2.05, 4.69) is 17.2 Å². The fourth-order valence-electron chi connectivity index (χ4n) is 3.36. The number of nitrogens with one attached hydrogen (secondary N) is 1. The number of aromatic nitrogens is 1. The average Bonchev–Trinajstić information content (AvgIpc) is 2.97. The summed E-state index contributed by atoms with van der Waals surface area (Å²) in [5.74, 6) is -0.100. The Balaban J connectivity index is 1.81. The van der Waals surface area contributed by atoms with Crippen LogP contribution in [0.1, 0.15) is 35.0 Å². The van der Waals surface area contributed by atoms with Gasteiger partial charge in [0.25, 0.3) is 5.91 Å². The van der Waals surface area contributed by atoms with Gasteiger partial charge < -0.3 is 15.0 Å². The Kier molecular flexibility index (Phi) is 5.52. The third-order valence-corrected chi connectivity index (χ3v) is 4.77. The molecule has 0 saturated carbocycles. The van der Waals surface area contributed by atoms with Crippen LogP contribution in [-0.2, 0) is 16.0 Å². The van der Waals surface area contributed by atoms with Gasteiger partial charge >= 0.3 is 0 Å². The lowest BCUT2D eigenvalue weighted by Crippen LogP contribution is -2.38. The zero-order valence-electron chi connectivity index (χ0n) is 15.5. The van der Waals surface area contributed by atoms with Crippen molar-refractivity contribution >= 4 is 22.7 Å². The zero-order valence-corrected chi connectivity index (χ0v) is 15.5. The minimum absolute atomic E-state index is 0.0522. The molecule has 2 amide bonds. The van der Waals surface area contributed by atoms with Crippen molar-refractivity contribution in [1.29, 1.82) is 0 Å². The van der Waals surface area contributed by atoms with E-state index in [1.807, 2.05) is 31.2 Å². The van der Waals surface area contributed by atoms with Gasteiger partial charge in [-0.3, -0.25) is 14.6 Å². The van der Waals surface area contributed by atoms with Crippen molar-refractivity contribution < 1.29 is 14.3 Å². The van der Waals surface area contributed by atoms with Crippen molar-refractivity contribution in [3.63, 3.8) is 0 Å². The Hall–Kier alpha value is -2.47. The smallest absolute Gasteiger partial charge is 0.252 e. The number of amides is 2. The van der Waals surface area contributed by atoms with Crippen molar-refractivity contribution in [2.24, 2.45) is 0 Å². The highest BCUT2D eigenvalue weighted by Gasteiger charge is 2.30. The van der Waals surface area contributed by atoms with Crippen LogP contribution in [0.25, 0.3) is 10.9 Å². The molecule has 0 bridgehead atoms. The first-order valence-electron chi connectivity index (χ1n) is 8.99. The fraction of sp³-hybridized carbons (Fsp3) is 0.450. The van der Waals surface area contributed by atoms with Crippen molar-refractivity contribution in [2.75, 3.05) is 26.8 Å². The number of likely N-dealkylation sites (tertiary alicyclic amines) is 1. The van der Waals surface area contributed by atoms with Gasteiger partial charge in [0.2, 0.25) is 5.91 Å². The lowest BCUT2D eigenvalue weighted by molar-refractivity contribution is -0.128. The molecular formula is C20H25N3O3. The summed E-state index contributed by atoms with van der Waals surface area (Å²) in [6.45, 7) is 5.55. The van der Waals surface area contributed by atoms with Crippen LogP contribution in [-0.4, -0.2) is 54.5 Å². The van der Waals surface area contributed by atoms with Crippen LogP contribution in [0, 0.1) is 6.92 Å². The molecule has 1 fully saturated rings. The Labute approximate surface area is 153 Å². The maximum atomic E-state index is 12.9. The van der Waals surface area contributed by atoms with Gasteiger partial charge in [-0.15, -0.1) is 0 Å². The van der Waals surface area contributed by atoms with Crippen molar-refractivity contribution in [3.05, 3.63) is 41.1 Å². The molecule has 6 nitrogen and oxygen atoms in total. The van der Waals surface area contributed by atoms with Gasteiger partial charge in [-0.25, -0.2) is 0 Å². The van der Waals surface area contributed by atoms with E-state index in [1.54, 1.807) is 12.0 Å². The number of hydrogen-bond donors (Lipinski definition) is 1. The van der Waals surface area contributed by atoms with Gasteiger partial charge in [0, 0.05) is 37.7 Å². The Bertz CT molecular complexity index is 834.